The van der Waals surface area contributed by atoms with Crippen LogP contribution in [0.2, 0.25) is 14.9 Å². The van der Waals surface area contributed by atoms with Gasteiger partial charge < -0.3 is 0 Å². The molecule has 0 unspecified atom stereocenters. The molecule has 3 aliphatic heterocycles. The summed E-state index contributed by atoms with van der Waals surface area (Å²) in [6, 6.07) is 0. The second kappa shape index (κ2) is 4.01. The molecule has 0 aromatic rings. The van der Waals surface area contributed by atoms with Gasteiger partial charge in [0, 0.05) is 0 Å². The molecule has 0 aliphatic carbocycles. The Hall–Kier alpha value is 0.596. The first kappa shape index (κ1) is 8.21. The van der Waals surface area contributed by atoms with E-state index in [1.807, 2.05) is 0 Å². The zero-order chi connectivity index (χ0) is 7.52. The molecule has 3 aliphatic rings. The number of hydrogen-bond donors (Lipinski definition) is 0. The monoisotopic (exact) mass is 209 g/mol. The van der Waals surface area contributed by atoms with E-state index in [4.69, 9.17) is 0 Å². The molecule has 2 bridgehead atoms. The molecule has 11 heavy (non-hydrogen) atoms. The molecule has 0 amide bonds. The molecular formula is C9H18GaN. The van der Waals surface area contributed by atoms with Crippen LogP contribution in [-0.2, 0) is 0 Å². The van der Waals surface area contributed by atoms with Crippen LogP contribution >= 0.6 is 0 Å². The Morgan fingerprint density at radius 2 is 1.18 bits per heavy atom. The van der Waals surface area contributed by atoms with Crippen LogP contribution in [0, 0.1) is 0 Å². The van der Waals surface area contributed by atoms with Crippen LogP contribution in [0.1, 0.15) is 19.3 Å². The van der Waals surface area contributed by atoms with Crippen molar-refractivity contribution in [2.45, 2.75) is 34.2 Å². The maximum absolute atomic E-state index is 2.69. The topological polar surface area (TPSA) is 3.24 Å². The predicted molar refractivity (Wildman–Crippen MR) is 50.5 cm³/mol. The third-order valence-electron chi connectivity index (χ3n) is 3.26. The molecule has 3 saturated heterocycles. The Morgan fingerprint density at radius 1 is 0.727 bits per heavy atom. The van der Waals surface area contributed by atoms with Gasteiger partial charge in [-0.1, -0.05) is 0 Å². The summed E-state index contributed by atoms with van der Waals surface area (Å²) in [5.41, 5.74) is 0. The van der Waals surface area contributed by atoms with Gasteiger partial charge in [0.1, 0.15) is 0 Å². The Labute approximate surface area is 75.2 Å². The number of nitrogens with zero attached hydrogens (tertiary/aromatic N) is 1. The minimum absolute atomic E-state index is 0.638. The maximum atomic E-state index is 2.69. The van der Waals surface area contributed by atoms with Crippen molar-refractivity contribution in [3.05, 3.63) is 0 Å². The van der Waals surface area contributed by atoms with Crippen LogP contribution in [0.25, 0.3) is 0 Å². The van der Waals surface area contributed by atoms with Crippen molar-refractivity contribution in [2.75, 3.05) is 19.6 Å². The Kier molecular flexibility index (Phi) is 2.99. The Bertz CT molecular complexity index is 91.0. The summed E-state index contributed by atoms with van der Waals surface area (Å²) in [4.78, 5) is 7.79. The molecule has 3 fully saturated rings. The molecule has 0 aromatic carbocycles. The molecular weight excluding hydrogens is 192 g/mol. The fraction of sp³-hybridized carbons (Fsp3) is 1.00. The van der Waals surface area contributed by atoms with E-state index in [1.165, 1.54) is 19.6 Å². The average Bonchev–Trinajstić information content (AvgIpc) is 1.80. The van der Waals surface area contributed by atoms with Crippen molar-refractivity contribution < 1.29 is 0 Å². The molecule has 0 N–H and O–H groups in total. The van der Waals surface area contributed by atoms with Gasteiger partial charge in [0.2, 0.25) is 0 Å². The van der Waals surface area contributed by atoms with E-state index in [9.17, 15) is 0 Å². The van der Waals surface area contributed by atoms with Crippen LogP contribution in [0.4, 0.5) is 0 Å². The summed E-state index contributed by atoms with van der Waals surface area (Å²) in [5, 5.41) is 0. The SMILES string of the molecule is C1CN2CC[CH2][Ga]([CH2]1)[CH2]CC2. The van der Waals surface area contributed by atoms with Gasteiger partial charge in [-0.3, -0.25) is 0 Å². The molecule has 0 radical (unpaired) electrons. The van der Waals surface area contributed by atoms with Gasteiger partial charge in [0.25, 0.3) is 0 Å². The van der Waals surface area contributed by atoms with Crippen molar-refractivity contribution in [1.82, 2.24) is 4.90 Å². The summed E-state index contributed by atoms with van der Waals surface area (Å²) in [5.74, 6) is 0. The Balaban J connectivity index is 1.96. The van der Waals surface area contributed by atoms with Gasteiger partial charge in [0.15, 0.2) is 0 Å². The molecule has 62 valence electrons. The van der Waals surface area contributed by atoms with E-state index in [0.717, 1.165) is 0 Å². The zero-order valence-electron chi connectivity index (χ0n) is 7.39. The fourth-order valence-electron chi connectivity index (χ4n) is 2.58. The number of hydrogen-bond acceptors (Lipinski definition) is 1. The standard InChI is InChI=1S/C9H18N.Ga/c1-4-7-10(8-5-2)9-6-3;/h1-9H2;. The predicted octanol–water partition coefficient (Wildman–Crippen LogP) is 1.98. The first-order valence-corrected chi connectivity index (χ1v) is 10.3. The van der Waals surface area contributed by atoms with Gasteiger partial charge in [0.05, 0.1) is 0 Å². The molecule has 0 atom stereocenters. The minimum atomic E-state index is -0.638. The van der Waals surface area contributed by atoms with Crippen molar-refractivity contribution in [1.29, 1.82) is 0 Å². The summed E-state index contributed by atoms with van der Waals surface area (Å²) in [7, 11) is 0. The summed E-state index contributed by atoms with van der Waals surface area (Å²) in [6.07, 6.45) is 4.64. The molecule has 0 aromatic heterocycles. The van der Waals surface area contributed by atoms with Crippen LogP contribution in [0.5, 0.6) is 0 Å². The van der Waals surface area contributed by atoms with Crippen LogP contribution in [-0.4, -0.2) is 40.8 Å². The zero-order valence-corrected chi connectivity index (χ0v) is 9.81. The van der Waals surface area contributed by atoms with Gasteiger partial charge in [-0.2, -0.15) is 0 Å². The third kappa shape index (κ3) is 2.26. The average molecular weight is 210 g/mol. The number of fused-ring (bicyclic) bond motifs is 6. The van der Waals surface area contributed by atoms with E-state index in [2.05, 4.69) is 4.90 Å². The third-order valence-corrected chi connectivity index (χ3v) is 11.0. The van der Waals surface area contributed by atoms with Crippen molar-refractivity contribution in [3.63, 3.8) is 0 Å². The summed E-state index contributed by atoms with van der Waals surface area (Å²) in [6.45, 7) is 4.30. The molecule has 3 heterocycles. The van der Waals surface area contributed by atoms with E-state index in [-0.39, 0.29) is 0 Å². The quantitative estimate of drug-likeness (QED) is 0.552. The first-order valence-electron chi connectivity index (χ1n) is 5.17. The van der Waals surface area contributed by atoms with Crippen molar-refractivity contribution >= 4 is 16.2 Å². The van der Waals surface area contributed by atoms with Crippen LogP contribution < -0.4 is 0 Å². The summed E-state index contributed by atoms with van der Waals surface area (Å²) < 4.78 is 0. The second-order valence-electron chi connectivity index (χ2n) is 4.13. The molecule has 2 heteroatoms. The molecule has 1 nitrogen and oxygen atoms in total. The molecule has 0 spiro atoms. The van der Waals surface area contributed by atoms with Gasteiger partial charge in [-0.05, 0) is 0 Å². The van der Waals surface area contributed by atoms with E-state index >= 15 is 0 Å². The van der Waals surface area contributed by atoms with Gasteiger partial charge >= 0.3 is 74.9 Å². The first-order chi connectivity index (χ1) is 5.45. The normalized spacial score (nSPS) is 27.8. The summed E-state index contributed by atoms with van der Waals surface area (Å²) >= 11 is -0.638. The number of rotatable bonds is 0. The van der Waals surface area contributed by atoms with Crippen molar-refractivity contribution in [3.8, 4) is 0 Å². The Morgan fingerprint density at radius 3 is 1.64 bits per heavy atom. The fourth-order valence-corrected chi connectivity index (χ4v) is 9.18. The van der Waals surface area contributed by atoms with E-state index < -0.39 is 16.2 Å². The van der Waals surface area contributed by atoms with Gasteiger partial charge in [-0.15, -0.1) is 0 Å². The second-order valence-corrected chi connectivity index (χ2v) is 11.4. The van der Waals surface area contributed by atoms with Crippen LogP contribution in [0.3, 0.4) is 0 Å². The molecule has 3 rings (SSSR count). The van der Waals surface area contributed by atoms with Crippen molar-refractivity contribution in [2.24, 2.45) is 0 Å². The van der Waals surface area contributed by atoms with E-state index in [0.29, 0.717) is 0 Å². The van der Waals surface area contributed by atoms with Crippen LogP contribution in [0.15, 0.2) is 0 Å². The van der Waals surface area contributed by atoms with Gasteiger partial charge in [-0.25, -0.2) is 0 Å². The van der Waals surface area contributed by atoms with E-state index in [1.54, 1.807) is 34.2 Å². The molecule has 0 saturated carbocycles.